The summed E-state index contributed by atoms with van der Waals surface area (Å²) in [7, 11) is 0. The number of nitrogens with one attached hydrogen (secondary N) is 1. The van der Waals surface area contributed by atoms with E-state index in [2.05, 4.69) is 27.5 Å². The van der Waals surface area contributed by atoms with E-state index in [4.69, 9.17) is 4.74 Å². The highest BCUT2D eigenvalue weighted by molar-refractivity contribution is 8.01. The van der Waals surface area contributed by atoms with Gasteiger partial charge in [0.2, 0.25) is 5.13 Å². The molecule has 10 heteroatoms. The van der Waals surface area contributed by atoms with Crippen LogP contribution < -0.4 is 10.1 Å². The van der Waals surface area contributed by atoms with E-state index in [-0.39, 0.29) is 11.5 Å². The van der Waals surface area contributed by atoms with E-state index in [0.717, 1.165) is 22.9 Å². The molecular weight excluding hydrogens is 401 g/mol. The van der Waals surface area contributed by atoms with Crippen molar-refractivity contribution in [3.63, 3.8) is 0 Å². The molecule has 3 rings (SSSR count). The number of hydrogen-bond donors (Lipinski definition) is 1. The molecule has 0 aliphatic heterocycles. The molecular formula is C18H20FN5O2S2. The van der Waals surface area contributed by atoms with Gasteiger partial charge in [-0.15, -0.1) is 10.2 Å². The highest BCUT2D eigenvalue weighted by Crippen LogP contribution is 2.27. The molecule has 0 aliphatic rings. The number of carbonyl (C=O) groups excluding carboxylic acids is 1. The van der Waals surface area contributed by atoms with Crippen molar-refractivity contribution in [3.05, 3.63) is 42.0 Å². The quantitative estimate of drug-likeness (QED) is 0.313. The third-order valence-electron chi connectivity index (χ3n) is 3.64. The SMILES string of the molecule is CCCCSc1nnc(NC(=O)c2nn(-c3ccc(F)cc3)cc2OCC)s1. The first kappa shape index (κ1) is 20.3. The van der Waals surface area contributed by atoms with Crippen LogP contribution in [0.5, 0.6) is 5.75 Å². The molecule has 0 spiro atoms. The zero-order valence-electron chi connectivity index (χ0n) is 15.5. The van der Waals surface area contributed by atoms with Crippen LogP contribution in [0.15, 0.2) is 34.8 Å². The Balaban J connectivity index is 1.76. The summed E-state index contributed by atoms with van der Waals surface area (Å²) in [5.74, 6) is 0.523. The number of benzene rings is 1. The first-order valence-corrected chi connectivity index (χ1v) is 10.7. The zero-order valence-corrected chi connectivity index (χ0v) is 17.1. The predicted octanol–water partition coefficient (Wildman–Crippen LogP) is 4.41. The average molecular weight is 422 g/mol. The van der Waals surface area contributed by atoms with Gasteiger partial charge in [0.15, 0.2) is 15.8 Å². The maximum absolute atomic E-state index is 13.1. The van der Waals surface area contributed by atoms with Gasteiger partial charge in [-0.25, -0.2) is 9.07 Å². The molecule has 0 aliphatic carbocycles. The average Bonchev–Trinajstić information content (AvgIpc) is 3.30. The first-order valence-electron chi connectivity index (χ1n) is 8.86. The van der Waals surface area contributed by atoms with Gasteiger partial charge in [-0.3, -0.25) is 10.1 Å². The van der Waals surface area contributed by atoms with E-state index in [1.165, 1.54) is 28.2 Å². The third kappa shape index (κ3) is 5.08. The molecule has 0 fully saturated rings. The summed E-state index contributed by atoms with van der Waals surface area (Å²) in [4.78, 5) is 12.7. The Morgan fingerprint density at radius 3 is 2.79 bits per heavy atom. The van der Waals surface area contributed by atoms with Crippen LogP contribution in [0.1, 0.15) is 37.2 Å². The molecule has 1 N–H and O–H groups in total. The Labute approximate surface area is 170 Å². The van der Waals surface area contributed by atoms with E-state index < -0.39 is 5.91 Å². The maximum Gasteiger partial charge on any atom is 0.281 e. The zero-order chi connectivity index (χ0) is 19.9. The summed E-state index contributed by atoms with van der Waals surface area (Å²) in [6.07, 6.45) is 3.81. The molecule has 148 valence electrons. The van der Waals surface area contributed by atoms with Crippen LogP contribution in [0.2, 0.25) is 0 Å². The summed E-state index contributed by atoms with van der Waals surface area (Å²) < 4.78 is 21.0. The van der Waals surface area contributed by atoms with E-state index in [9.17, 15) is 9.18 Å². The molecule has 0 bridgehead atoms. The van der Waals surface area contributed by atoms with Crippen LogP contribution in [0, 0.1) is 5.82 Å². The van der Waals surface area contributed by atoms with Crippen LogP contribution in [0.25, 0.3) is 5.69 Å². The lowest BCUT2D eigenvalue weighted by atomic mass is 10.3. The highest BCUT2D eigenvalue weighted by atomic mass is 32.2. The number of thioether (sulfide) groups is 1. The molecule has 28 heavy (non-hydrogen) atoms. The van der Waals surface area contributed by atoms with Crippen molar-refractivity contribution in [2.75, 3.05) is 17.7 Å². The monoisotopic (exact) mass is 421 g/mol. The lowest BCUT2D eigenvalue weighted by Crippen LogP contribution is -2.14. The minimum atomic E-state index is -0.439. The Kier molecular flexibility index (Phi) is 6.99. The lowest BCUT2D eigenvalue weighted by Gasteiger charge is -2.02. The number of carbonyl (C=O) groups is 1. The molecule has 0 radical (unpaired) electrons. The van der Waals surface area contributed by atoms with Gasteiger partial charge in [0, 0.05) is 5.75 Å². The van der Waals surface area contributed by atoms with Gasteiger partial charge in [0.1, 0.15) is 5.82 Å². The maximum atomic E-state index is 13.1. The number of anilines is 1. The fourth-order valence-corrected chi connectivity index (χ4v) is 4.18. The van der Waals surface area contributed by atoms with E-state index in [1.54, 1.807) is 30.1 Å². The van der Waals surface area contributed by atoms with E-state index in [0.29, 0.717) is 23.2 Å². The second-order valence-electron chi connectivity index (χ2n) is 5.73. The van der Waals surface area contributed by atoms with Crippen LogP contribution in [0.3, 0.4) is 0 Å². The number of rotatable bonds is 9. The number of hydrogen-bond acceptors (Lipinski definition) is 7. The molecule has 2 heterocycles. The smallest absolute Gasteiger partial charge is 0.281 e. The fourth-order valence-electron chi connectivity index (χ4n) is 2.28. The van der Waals surface area contributed by atoms with Crippen molar-refractivity contribution in [2.45, 2.75) is 31.0 Å². The highest BCUT2D eigenvalue weighted by Gasteiger charge is 2.20. The normalized spacial score (nSPS) is 10.8. The van der Waals surface area contributed by atoms with Gasteiger partial charge in [-0.1, -0.05) is 36.4 Å². The molecule has 0 unspecified atom stereocenters. The largest absolute Gasteiger partial charge is 0.490 e. The summed E-state index contributed by atoms with van der Waals surface area (Å²) in [6, 6.07) is 5.81. The number of nitrogens with zero attached hydrogens (tertiary/aromatic N) is 4. The van der Waals surface area contributed by atoms with Gasteiger partial charge >= 0.3 is 0 Å². The number of aromatic nitrogens is 4. The second-order valence-corrected chi connectivity index (χ2v) is 8.04. The van der Waals surface area contributed by atoms with E-state index in [1.807, 2.05) is 6.92 Å². The number of halogens is 1. The van der Waals surface area contributed by atoms with Crippen LogP contribution >= 0.6 is 23.1 Å². The molecule has 0 atom stereocenters. The van der Waals surface area contributed by atoms with E-state index >= 15 is 0 Å². The van der Waals surface area contributed by atoms with Crippen molar-refractivity contribution in [3.8, 4) is 11.4 Å². The fraction of sp³-hybridized carbons (Fsp3) is 0.333. The molecule has 0 saturated carbocycles. The Bertz CT molecular complexity index is 926. The third-order valence-corrected chi connectivity index (χ3v) is 5.70. The minimum Gasteiger partial charge on any atom is -0.490 e. The van der Waals surface area contributed by atoms with Crippen molar-refractivity contribution in [2.24, 2.45) is 0 Å². The first-order chi connectivity index (χ1) is 13.6. The molecule has 3 aromatic rings. The van der Waals surface area contributed by atoms with Crippen LogP contribution in [0.4, 0.5) is 9.52 Å². The minimum absolute atomic E-state index is 0.126. The summed E-state index contributed by atoms with van der Waals surface area (Å²) in [5.41, 5.74) is 0.744. The molecule has 2 aromatic heterocycles. The van der Waals surface area contributed by atoms with Gasteiger partial charge in [-0.2, -0.15) is 5.10 Å². The van der Waals surface area contributed by atoms with Crippen molar-refractivity contribution >= 4 is 34.1 Å². The number of unbranched alkanes of at least 4 members (excludes halogenated alkanes) is 1. The van der Waals surface area contributed by atoms with Crippen molar-refractivity contribution in [1.29, 1.82) is 0 Å². The second kappa shape index (κ2) is 9.65. The lowest BCUT2D eigenvalue weighted by molar-refractivity contribution is 0.101. The van der Waals surface area contributed by atoms with Crippen molar-refractivity contribution in [1.82, 2.24) is 20.0 Å². The Hall–Kier alpha value is -2.46. The van der Waals surface area contributed by atoms with Crippen molar-refractivity contribution < 1.29 is 13.9 Å². The molecule has 1 amide bonds. The molecule has 7 nitrogen and oxygen atoms in total. The summed E-state index contributed by atoms with van der Waals surface area (Å²) >= 11 is 2.94. The van der Waals surface area contributed by atoms with Crippen LogP contribution in [-0.4, -0.2) is 38.2 Å². The predicted molar refractivity (Wildman–Crippen MR) is 108 cm³/mol. The summed E-state index contributed by atoms with van der Waals surface area (Å²) in [6.45, 7) is 4.33. The Morgan fingerprint density at radius 2 is 2.07 bits per heavy atom. The standard InChI is InChI=1S/C18H20FN5O2S2/c1-3-5-10-27-18-22-21-17(28-18)20-16(25)15-14(26-4-2)11-24(23-15)13-8-6-12(19)7-9-13/h6-9,11H,3-5,10H2,1-2H3,(H,20,21,25). The van der Waals surface area contributed by atoms with Crippen LogP contribution in [-0.2, 0) is 0 Å². The topological polar surface area (TPSA) is 81.9 Å². The van der Waals surface area contributed by atoms with Gasteiger partial charge in [0.25, 0.3) is 5.91 Å². The molecule has 1 aromatic carbocycles. The van der Waals surface area contributed by atoms with Gasteiger partial charge < -0.3 is 4.74 Å². The van der Waals surface area contributed by atoms with Gasteiger partial charge in [0.05, 0.1) is 18.5 Å². The van der Waals surface area contributed by atoms with Gasteiger partial charge in [-0.05, 0) is 37.6 Å². The number of ether oxygens (including phenoxy) is 1. The Morgan fingerprint density at radius 1 is 1.29 bits per heavy atom. The number of amides is 1. The molecule has 0 saturated heterocycles. The summed E-state index contributed by atoms with van der Waals surface area (Å²) in [5, 5.41) is 15.5.